The number of nitrogens with zero attached hydrogens (tertiary/aromatic N) is 2. The van der Waals surface area contributed by atoms with Crippen molar-refractivity contribution in [3.8, 4) is 0 Å². The lowest BCUT2D eigenvalue weighted by Gasteiger charge is -2.04. The maximum Gasteiger partial charge on any atom is 0.381 e. The summed E-state index contributed by atoms with van der Waals surface area (Å²) in [4.78, 5) is 23.6. The SMILES string of the molecule is COC(=O)C(=O)C(N=Nc1ccc(Cl)cc1)=C(O)c1ccccc1. The van der Waals surface area contributed by atoms with Gasteiger partial charge in [-0.3, -0.25) is 4.79 Å². The summed E-state index contributed by atoms with van der Waals surface area (Å²) in [5.74, 6) is -2.72. The Bertz CT molecular complexity index is 799. The van der Waals surface area contributed by atoms with Gasteiger partial charge in [0.25, 0.3) is 5.78 Å². The highest BCUT2D eigenvalue weighted by atomic mass is 35.5. The first-order valence-corrected chi connectivity index (χ1v) is 7.19. The molecule has 0 heterocycles. The van der Waals surface area contributed by atoms with Crippen LogP contribution in [0.5, 0.6) is 0 Å². The van der Waals surface area contributed by atoms with E-state index >= 15 is 0 Å². The number of benzene rings is 2. The Kier molecular flexibility index (Phi) is 5.81. The summed E-state index contributed by atoms with van der Waals surface area (Å²) in [7, 11) is 1.06. The number of hydrogen-bond donors (Lipinski definition) is 1. The van der Waals surface area contributed by atoms with Crippen molar-refractivity contribution in [3.05, 3.63) is 70.9 Å². The van der Waals surface area contributed by atoms with Crippen LogP contribution in [0.3, 0.4) is 0 Å². The van der Waals surface area contributed by atoms with Gasteiger partial charge in [-0.15, -0.1) is 5.11 Å². The van der Waals surface area contributed by atoms with E-state index in [1.54, 1.807) is 54.6 Å². The summed E-state index contributed by atoms with van der Waals surface area (Å²) in [6.07, 6.45) is 0. The predicted molar refractivity (Wildman–Crippen MR) is 89.0 cm³/mol. The van der Waals surface area contributed by atoms with E-state index in [0.29, 0.717) is 16.3 Å². The van der Waals surface area contributed by atoms with Gasteiger partial charge < -0.3 is 9.84 Å². The van der Waals surface area contributed by atoms with Crippen molar-refractivity contribution in [1.82, 2.24) is 0 Å². The molecule has 2 aromatic carbocycles. The zero-order valence-corrected chi connectivity index (χ0v) is 13.4. The van der Waals surface area contributed by atoms with Gasteiger partial charge in [0.15, 0.2) is 11.5 Å². The number of carbonyl (C=O) groups is 2. The van der Waals surface area contributed by atoms with Crippen molar-refractivity contribution >= 4 is 34.8 Å². The summed E-state index contributed by atoms with van der Waals surface area (Å²) < 4.78 is 4.39. The molecule has 6 nitrogen and oxygen atoms in total. The summed E-state index contributed by atoms with van der Waals surface area (Å²) in [6, 6.07) is 14.6. The zero-order chi connectivity index (χ0) is 17.5. The number of methoxy groups -OCH3 is 1. The summed E-state index contributed by atoms with van der Waals surface area (Å²) in [5, 5.41) is 18.4. The molecule has 0 aliphatic heterocycles. The predicted octanol–water partition coefficient (Wildman–Crippen LogP) is 4.09. The molecule has 0 saturated carbocycles. The van der Waals surface area contributed by atoms with E-state index in [2.05, 4.69) is 15.0 Å². The summed E-state index contributed by atoms with van der Waals surface area (Å²) in [6.45, 7) is 0. The minimum atomic E-state index is -1.15. The smallest absolute Gasteiger partial charge is 0.381 e. The van der Waals surface area contributed by atoms with Gasteiger partial charge in [0, 0.05) is 10.6 Å². The molecule has 24 heavy (non-hydrogen) atoms. The Balaban J connectivity index is 2.45. The lowest BCUT2D eigenvalue weighted by molar-refractivity contribution is -0.149. The molecule has 0 aliphatic rings. The number of Topliss-reactive ketones (excluding diaryl/α,β-unsaturated/α-hetero) is 1. The Morgan fingerprint density at radius 1 is 1.04 bits per heavy atom. The van der Waals surface area contributed by atoms with Crippen molar-refractivity contribution < 1.29 is 19.4 Å². The van der Waals surface area contributed by atoms with Gasteiger partial charge in [-0.25, -0.2) is 4.79 Å². The number of halogens is 1. The average molecular weight is 345 g/mol. The molecule has 1 N–H and O–H groups in total. The van der Waals surface area contributed by atoms with Crippen LogP contribution in [0.1, 0.15) is 5.56 Å². The Hall–Kier alpha value is -2.99. The van der Waals surface area contributed by atoms with Gasteiger partial charge in [-0.1, -0.05) is 41.9 Å². The quantitative estimate of drug-likeness (QED) is 0.291. The topological polar surface area (TPSA) is 88.3 Å². The minimum absolute atomic E-state index is 0.319. The van der Waals surface area contributed by atoms with Crippen molar-refractivity contribution in [2.24, 2.45) is 10.2 Å². The van der Waals surface area contributed by atoms with Gasteiger partial charge in [0.05, 0.1) is 12.8 Å². The number of aliphatic hydroxyl groups excluding tert-OH is 1. The third-order valence-corrected chi connectivity index (χ3v) is 3.20. The van der Waals surface area contributed by atoms with Gasteiger partial charge in [0.2, 0.25) is 0 Å². The fourth-order valence-electron chi connectivity index (χ4n) is 1.74. The second-order valence-electron chi connectivity index (χ2n) is 4.56. The van der Waals surface area contributed by atoms with Crippen molar-refractivity contribution in [3.63, 3.8) is 0 Å². The zero-order valence-electron chi connectivity index (χ0n) is 12.6. The number of aliphatic hydroxyl groups is 1. The number of carbonyl (C=O) groups excluding carboxylic acids is 2. The number of ketones is 1. The van der Waals surface area contributed by atoms with Crippen LogP contribution >= 0.6 is 11.6 Å². The van der Waals surface area contributed by atoms with E-state index in [1.165, 1.54) is 0 Å². The van der Waals surface area contributed by atoms with Crippen LogP contribution in [-0.2, 0) is 14.3 Å². The number of ether oxygens (including phenoxy) is 1. The first-order valence-electron chi connectivity index (χ1n) is 6.81. The molecule has 7 heteroatoms. The monoisotopic (exact) mass is 344 g/mol. The van der Waals surface area contributed by atoms with E-state index < -0.39 is 23.2 Å². The van der Waals surface area contributed by atoms with E-state index in [0.717, 1.165) is 7.11 Å². The molecule has 2 aromatic rings. The van der Waals surface area contributed by atoms with Crippen LogP contribution in [0, 0.1) is 0 Å². The van der Waals surface area contributed by atoms with E-state index in [1.807, 2.05) is 0 Å². The first-order chi connectivity index (χ1) is 11.5. The fraction of sp³-hybridized carbons (Fsp3) is 0.0588. The van der Waals surface area contributed by atoms with Crippen LogP contribution in [0.4, 0.5) is 5.69 Å². The molecule has 2 rings (SSSR count). The Morgan fingerprint density at radius 3 is 2.25 bits per heavy atom. The highest BCUT2D eigenvalue weighted by Gasteiger charge is 2.24. The molecule has 0 saturated heterocycles. The van der Waals surface area contributed by atoms with Crippen molar-refractivity contribution in [2.75, 3.05) is 7.11 Å². The number of hydrogen-bond acceptors (Lipinski definition) is 6. The maximum absolute atomic E-state index is 12.1. The molecule has 0 aliphatic carbocycles. The summed E-state index contributed by atoms with van der Waals surface area (Å²) >= 11 is 5.78. The Labute approximate surface area is 143 Å². The fourth-order valence-corrected chi connectivity index (χ4v) is 1.86. The van der Waals surface area contributed by atoms with Gasteiger partial charge in [-0.2, -0.15) is 5.11 Å². The molecular formula is C17H13ClN2O4. The van der Waals surface area contributed by atoms with Gasteiger partial charge >= 0.3 is 5.97 Å². The average Bonchev–Trinajstić information content (AvgIpc) is 2.63. The lowest BCUT2D eigenvalue weighted by atomic mass is 10.1. The normalized spacial score (nSPS) is 11.9. The van der Waals surface area contributed by atoms with E-state index in [9.17, 15) is 14.7 Å². The van der Waals surface area contributed by atoms with Crippen LogP contribution in [0.25, 0.3) is 5.76 Å². The van der Waals surface area contributed by atoms with Crippen LogP contribution in [0.15, 0.2) is 70.5 Å². The van der Waals surface area contributed by atoms with E-state index in [-0.39, 0.29) is 0 Å². The van der Waals surface area contributed by atoms with Crippen molar-refractivity contribution in [1.29, 1.82) is 0 Å². The maximum atomic E-state index is 12.1. The van der Waals surface area contributed by atoms with Gasteiger partial charge in [-0.05, 0) is 24.3 Å². The second kappa shape index (κ2) is 8.03. The highest BCUT2D eigenvalue weighted by molar-refractivity contribution is 6.41. The molecule has 0 amide bonds. The second-order valence-corrected chi connectivity index (χ2v) is 5.00. The third-order valence-electron chi connectivity index (χ3n) is 2.95. The molecule has 122 valence electrons. The lowest BCUT2D eigenvalue weighted by Crippen LogP contribution is -2.18. The molecule has 0 aromatic heterocycles. The minimum Gasteiger partial charge on any atom is -0.505 e. The van der Waals surface area contributed by atoms with Crippen LogP contribution in [-0.4, -0.2) is 24.0 Å². The molecule has 0 radical (unpaired) electrons. The summed E-state index contributed by atoms with van der Waals surface area (Å²) in [5.41, 5.74) is 0.207. The van der Waals surface area contributed by atoms with E-state index in [4.69, 9.17) is 11.6 Å². The molecular weight excluding hydrogens is 332 g/mol. The number of esters is 1. The third kappa shape index (κ3) is 4.27. The number of rotatable bonds is 5. The largest absolute Gasteiger partial charge is 0.505 e. The first kappa shape index (κ1) is 17.4. The molecule has 0 fully saturated rings. The van der Waals surface area contributed by atoms with Gasteiger partial charge in [0.1, 0.15) is 0 Å². The molecule has 0 unspecified atom stereocenters. The molecule has 0 bridgehead atoms. The van der Waals surface area contributed by atoms with Crippen molar-refractivity contribution in [2.45, 2.75) is 0 Å². The molecule has 0 atom stereocenters. The standard InChI is InChI=1S/C17H13ClN2O4/c1-24-17(23)16(22)14(15(21)11-5-3-2-4-6-11)20-19-13-9-7-12(18)8-10-13/h2-10,21H,1H3. The highest BCUT2D eigenvalue weighted by Crippen LogP contribution is 2.22. The van der Waals surface area contributed by atoms with Crippen LogP contribution in [0.2, 0.25) is 5.02 Å². The molecule has 0 spiro atoms. The number of azo groups is 1. The Morgan fingerprint density at radius 2 is 1.67 bits per heavy atom. The van der Waals surface area contributed by atoms with Crippen LogP contribution < -0.4 is 0 Å².